The molecule has 0 radical (unpaired) electrons. The molecule has 1 aliphatic carbocycles. The first-order chi connectivity index (χ1) is 31.9. The van der Waals surface area contributed by atoms with Gasteiger partial charge in [-0.15, -0.1) is 0 Å². The Bertz CT molecular complexity index is 1540. The molecule has 2 aliphatic rings. The van der Waals surface area contributed by atoms with Crippen LogP contribution in [0.4, 0.5) is 0 Å². The van der Waals surface area contributed by atoms with Crippen molar-refractivity contribution in [3.8, 4) is 0 Å². The SMILES string of the molecule is CC/C=C\C/C=C\C/C=C\C/C=C\CCCCCCCCC(=O)O[C@H](COC(=O)CCC/C=C\C/C=C\CC1OC1C/C=C\CCCCC)COP(=O)(O)OC1[C@H](O)[C@H](O)C(O)[C@H](O)[C@H]1O. The lowest BCUT2D eigenvalue weighted by atomic mass is 9.85. The van der Waals surface area contributed by atoms with E-state index in [1.165, 1.54) is 19.3 Å². The molecule has 1 saturated carbocycles. The number of unbranched alkanes of at least 4 members (excludes halogenated alkanes) is 10. The molecule has 0 aromatic carbocycles. The van der Waals surface area contributed by atoms with Crippen molar-refractivity contribution in [2.75, 3.05) is 13.2 Å². The maximum absolute atomic E-state index is 12.8. The molecule has 376 valence electrons. The lowest BCUT2D eigenvalue weighted by molar-refractivity contribution is -0.220. The van der Waals surface area contributed by atoms with Gasteiger partial charge in [0, 0.05) is 12.8 Å². The van der Waals surface area contributed by atoms with E-state index < -0.39 is 75.7 Å². The lowest BCUT2D eigenvalue weighted by Gasteiger charge is -2.41. The largest absolute Gasteiger partial charge is 0.472 e. The Hall–Kier alpha value is -3.01. The zero-order valence-electron chi connectivity index (χ0n) is 39.6. The Morgan fingerprint density at radius 2 is 1.00 bits per heavy atom. The zero-order chi connectivity index (χ0) is 48.3. The number of epoxide rings is 1. The Balaban J connectivity index is 1.72. The first-order valence-corrected chi connectivity index (χ1v) is 26.0. The number of ether oxygens (including phenoxy) is 3. The minimum absolute atomic E-state index is 0.0610. The molecule has 0 amide bonds. The maximum atomic E-state index is 12.8. The highest BCUT2D eigenvalue weighted by Crippen LogP contribution is 2.47. The molecule has 1 heterocycles. The number of rotatable bonds is 38. The summed E-state index contributed by atoms with van der Waals surface area (Å²) in [7, 11) is -5.15. The van der Waals surface area contributed by atoms with Gasteiger partial charge in [0.15, 0.2) is 6.10 Å². The number of hydrogen-bond acceptors (Lipinski definition) is 13. The number of phosphoric ester groups is 1. The van der Waals surface area contributed by atoms with E-state index in [9.17, 15) is 44.6 Å². The molecule has 0 aromatic heterocycles. The van der Waals surface area contributed by atoms with E-state index in [2.05, 4.69) is 86.8 Å². The number of hydrogen-bond donors (Lipinski definition) is 6. The van der Waals surface area contributed by atoms with Crippen molar-refractivity contribution in [1.29, 1.82) is 0 Å². The predicted molar refractivity (Wildman–Crippen MR) is 257 cm³/mol. The minimum atomic E-state index is -5.15. The molecule has 0 bridgehead atoms. The quantitative estimate of drug-likeness (QED) is 0.0112. The fourth-order valence-electron chi connectivity index (χ4n) is 7.08. The number of phosphoric acid groups is 1. The van der Waals surface area contributed by atoms with Crippen molar-refractivity contribution >= 4 is 19.8 Å². The average Bonchev–Trinajstić information content (AvgIpc) is 4.06. The summed E-state index contributed by atoms with van der Waals surface area (Å²) in [5.74, 6) is -1.19. The monoisotopic (exact) mass is 951 g/mol. The van der Waals surface area contributed by atoms with Gasteiger partial charge in [-0.2, -0.15) is 0 Å². The van der Waals surface area contributed by atoms with E-state index in [0.717, 1.165) is 89.9 Å². The number of carbonyl (C=O) groups excluding carboxylic acids is 2. The fourth-order valence-corrected chi connectivity index (χ4v) is 8.05. The van der Waals surface area contributed by atoms with Crippen LogP contribution in [0.2, 0.25) is 0 Å². The Morgan fingerprint density at radius 3 is 1.59 bits per heavy atom. The van der Waals surface area contributed by atoms with Crippen LogP contribution in [-0.4, -0.2) is 111 Å². The Kier molecular flexibility index (Phi) is 33.1. The highest BCUT2D eigenvalue weighted by molar-refractivity contribution is 7.47. The van der Waals surface area contributed by atoms with Crippen LogP contribution in [0, 0.1) is 0 Å². The molecule has 10 atom stereocenters. The Morgan fingerprint density at radius 1 is 0.545 bits per heavy atom. The summed E-state index contributed by atoms with van der Waals surface area (Å²) < 4.78 is 39.3. The molecular formula is C51H83O14P. The van der Waals surface area contributed by atoms with E-state index in [-0.39, 0.29) is 18.9 Å². The first-order valence-electron chi connectivity index (χ1n) is 24.5. The number of carbonyl (C=O) groups is 2. The lowest BCUT2D eigenvalue weighted by Crippen LogP contribution is -2.64. The molecule has 2 rings (SSSR count). The van der Waals surface area contributed by atoms with Crippen molar-refractivity contribution in [1.82, 2.24) is 0 Å². The van der Waals surface area contributed by atoms with Crippen LogP contribution in [0.25, 0.3) is 0 Å². The summed E-state index contributed by atoms with van der Waals surface area (Å²) in [5, 5.41) is 50.2. The third-order valence-corrected chi connectivity index (χ3v) is 12.1. The van der Waals surface area contributed by atoms with E-state index in [4.69, 9.17) is 23.3 Å². The van der Waals surface area contributed by atoms with Gasteiger partial charge in [-0.1, -0.05) is 137 Å². The molecule has 1 aliphatic heterocycles. The van der Waals surface area contributed by atoms with E-state index in [1.807, 2.05) is 12.2 Å². The van der Waals surface area contributed by atoms with Crippen LogP contribution < -0.4 is 0 Å². The summed E-state index contributed by atoms with van der Waals surface area (Å²) in [6, 6.07) is 0. The average molecular weight is 951 g/mol. The molecule has 15 heteroatoms. The van der Waals surface area contributed by atoms with Gasteiger partial charge in [0.05, 0.1) is 18.8 Å². The molecule has 0 aromatic rings. The fraction of sp³-hybridized carbons (Fsp3) is 0.686. The molecule has 1 saturated heterocycles. The summed E-state index contributed by atoms with van der Waals surface area (Å²) in [6.07, 6.45) is 36.6. The van der Waals surface area contributed by atoms with Crippen LogP contribution >= 0.6 is 7.82 Å². The second kappa shape index (κ2) is 37.0. The summed E-state index contributed by atoms with van der Waals surface area (Å²) in [4.78, 5) is 35.8. The molecule has 6 N–H and O–H groups in total. The smallest absolute Gasteiger partial charge is 0.462 e. The summed E-state index contributed by atoms with van der Waals surface area (Å²) >= 11 is 0. The van der Waals surface area contributed by atoms with Crippen LogP contribution in [-0.2, 0) is 37.4 Å². The van der Waals surface area contributed by atoms with Crippen molar-refractivity contribution in [3.63, 3.8) is 0 Å². The van der Waals surface area contributed by atoms with Crippen molar-refractivity contribution in [2.24, 2.45) is 0 Å². The summed E-state index contributed by atoms with van der Waals surface area (Å²) in [5.41, 5.74) is 0. The second-order valence-electron chi connectivity index (χ2n) is 17.0. The van der Waals surface area contributed by atoms with E-state index in [1.54, 1.807) is 0 Å². The van der Waals surface area contributed by atoms with Gasteiger partial charge in [-0.05, 0) is 89.9 Å². The van der Waals surface area contributed by atoms with Gasteiger partial charge < -0.3 is 44.6 Å². The van der Waals surface area contributed by atoms with Gasteiger partial charge in [0.2, 0.25) is 0 Å². The second-order valence-corrected chi connectivity index (χ2v) is 18.4. The topological polar surface area (TPSA) is 222 Å². The molecule has 0 spiro atoms. The first kappa shape index (κ1) is 59.1. The number of esters is 2. The molecule has 66 heavy (non-hydrogen) atoms. The number of aliphatic hydroxyl groups is 5. The van der Waals surface area contributed by atoms with Crippen molar-refractivity contribution in [3.05, 3.63) is 85.1 Å². The van der Waals surface area contributed by atoms with E-state index in [0.29, 0.717) is 25.4 Å². The molecule has 2 fully saturated rings. The minimum Gasteiger partial charge on any atom is -0.462 e. The van der Waals surface area contributed by atoms with Gasteiger partial charge in [0.1, 0.15) is 43.2 Å². The standard InChI is InChI=1S/C51H83O14P/c1-3-5-7-9-11-12-13-14-15-16-17-18-19-20-21-22-25-30-34-38-45(53)63-41(40-62-66(59,60)65-51-49(57)47(55)46(54)48(56)50(51)58)39-61-44(52)37-33-29-26-23-24-28-32-36-43-42(64-43)35-31-27-10-8-6-4-2/h5,7,11-12,14-15,17-18,23,26-28,31-32,41-43,46-51,54-58H,3-4,6,8-10,13,16,19-22,24-25,29-30,33-40H2,1-2H3,(H,59,60)/b7-5-,12-11-,15-14-,18-17-,26-23-,31-27-,32-28-/t41-,42?,43?,46?,47-,48+,49-,50-,51?/m1/s1. The maximum Gasteiger partial charge on any atom is 0.472 e. The van der Waals surface area contributed by atoms with Crippen molar-refractivity contribution in [2.45, 2.75) is 210 Å². The van der Waals surface area contributed by atoms with Crippen LogP contribution in [0.3, 0.4) is 0 Å². The molecule has 5 unspecified atom stereocenters. The van der Waals surface area contributed by atoms with Crippen LogP contribution in [0.1, 0.15) is 155 Å². The van der Waals surface area contributed by atoms with Gasteiger partial charge >= 0.3 is 19.8 Å². The van der Waals surface area contributed by atoms with Gasteiger partial charge in [-0.3, -0.25) is 18.6 Å². The highest BCUT2D eigenvalue weighted by Gasteiger charge is 2.51. The molecular weight excluding hydrogens is 868 g/mol. The van der Waals surface area contributed by atoms with Gasteiger partial charge in [-0.25, -0.2) is 4.57 Å². The third kappa shape index (κ3) is 28.3. The number of allylic oxidation sites excluding steroid dienone is 12. The van der Waals surface area contributed by atoms with E-state index >= 15 is 0 Å². The Labute approximate surface area is 394 Å². The zero-order valence-corrected chi connectivity index (χ0v) is 40.5. The number of aliphatic hydroxyl groups excluding tert-OH is 5. The third-order valence-electron chi connectivity index (χ3n) is 11.1. The van der Waals surface area contributed by atoms with Crippen molar-refractivity contribution < 1.29 is 67.8 Å². The molecule has 14 nitrogen and oxygen atoms in total. The highest BCUT2D eigenvalue weighted by atomic mass is 31.2. The van der Waals surface area contributed by atoms with Gasteiger partial charge in [0.25, 0.3) is 0 Å². The predicted octanol–water partition coefficient (Wildman–Crippen LogP) is 9.04. The van der Waals surface area contributed by atoms with Crippen LogP contribution in [0.5, 0.6) is 0 Å². The normalized spacial score (nSPS) is 25.1. The van der Waals surface area contributed by atoms with Crippen LogP contribution in [0.15, 0.2) is 85.1 Å². The summed E-state index contributed by atoms with van der Waals surface area (Å²) in [6.45, 7) is 3.09.